The first-order valence-corrected chi connectivity index (χ1v) is 5.34. The van der Waals surface area contributed by atoms with Gasteiger partial charge in [-0.3, -0.25) is 0 Å². The first kappa shape index (κ1) is 11.7. The zero-order valence-corrected chi connectivity index (χ0v) is 10.5. The molecule has 80 valence electrons. The monoisotopic (exact) mass is 282 g/mol. The lowest BCUT2D eigenvalue weighted by molar-refractivity contribution is 0.362. The number of alkyl halides is 2. The molecular weight excluding hydrogens is 271 g/mol. The lowest BCUT2D eigenvalue weighted by Gasteiger charge is -2.25. The number of aromatic hydroxyl groups is 1. The van der Waals surface area contributed by atoms with Crippen LogP contribution in [0.5, 0.6) is 5.88 Å². The molecule has 1 heterocycles. The molecule has 1 aromatic heterocycles. The molecule has 0 amide bonds. The Labute approximate surface area is 95.0 Å². The van der Waals surface area contributed by atoms with Gasteiger partial charge in [0.2, 0.25) is 5.88 Å². The Hall–Kier alpha value is -0.420. The van der Waals surface area contributed by atoms with Crippen LogP contribution in [-0.2, 0) is 3.91 Å². The van der Waals surface area contributed by atoms with Gasteiger partial charge in [0.15, 0.2) is 3.91 Å². The summed E-state index contributed by atoms with van der Waals surface area (Å²) in [6, 6.07) is 0. The molecule has 0 saturated heterocycles. The number of imidazole rings is 1. The van der Waals surface area contributed by atoms with Crippen molar-refractivity contribution in [2.75, 3.05) is 0 Å². The van der Waals surface area contributed by atoms with E-state index in [1.165, 1.54) is 0 Å². The number of rotatable bonds is 2. The van der Waals surface area contributed by atoms with E-state index in [9.17, 15) is 9.90 Å². The molecule has 1 atom stereocenters. The van der Waals surface area contributed by atoms with E-state index in [0.717, 1.165) is 4.57 Å². The van der Waals surface area contributed by atoms with Crippen molar-refractivity contribution >= 4 is 27.5 Å². The molecular formula is C8H12BrClN2O2. The van der Waals surface area contributed by atoms with Gasteiger partial charge in [0.1, 0.15) is 0 Å². The van der Waals surface area contributed by atoms with Gasteiger partial charge >= 0.3 is 5.69 Å². The summed E-state index contributed by atoms with van der Waals surface area (Å²) in [5.41, 5.74) is -0.0271. The molecule has 0 saturated carbocycles. The largest absolute Gasteiger partial charge is 0.493 e. The summed E-state index contributed by atoms with van der Waals surface area (Å²) in [4.78, 5) is 13.9. The van der Waals surface area contributed by atoms with Crippen molar-refractivity contribution in [3.8, 4) is 5.88 Å². The average molecular weight is 284 g/mol. The highest BCUT2D eigenvalue weighted by Gasteiger charge is 2.34. The van der Waals surface area contributed by atoms with Crippen molar-refractivity contribution < 1.29 is 5.11 Å². The second-order valence-electron chi connectivity index (χ2n) is 3.46. The van der Waals surface area contributed by atoms with E-state index in [4.69, 9.17) is 11.6 Å². The summed E-state index contributed by atoms with van der Waals surface area (Å²) in [6.45, 7) is 5.29. The minimum atomic E-state index is -1.10. The molecule has 0 radical (unpaired) electrons. The van der Waals surface area contributed by atoms with E-state index < -0.39 is 9.60 Å². The third-order valence-electron chi connectivity index (χ3n) is 2.04. The van der Waals surface area contributed by atoms with Crippen molar-refractivity contribution in [3.05, 3.63) is 16.2 Å². The highest BCUT2D eigenvalue weighted by molar-refractivity contribution is 9.10. The van der Waals surface area contributed by atoms with Gasteiger partial charge < -0.3 is 10.1 Å². The van der Waals surface area contributed by atoms with Crippen LogP contribution in [0.3, 0.4) is 0 Å². The quantitative estimate of drug-likeness (QED) is 0.817. The van der Waals surface area contributed by atoms with Crippen LogP contribution >= 0.6 is 27.5 Å². The van der Waals surface area contributed by atoms with Gasteiger partial charge in [-0.15, -0.1) is 0 Å². The van der Waals surface area contributed by atoms with E-state index in [0.29, 0.717) is 5.69 Å². The molecule has 0 aliphatic rings. The van der Waals surface area contributed by atoms with Crippen LogP contribution in [0.25, 0.3) is 0 Å². The van der Waals surface area contributed by atoms with Gasteiger partial charge in [-0.25, -0.2) is 9.36 Å². The Morgan fingerprint density at radius 3 is 2.43 bits per heavy atom. The third-order valence-corrected chi connectivity index (χ3v) is 3.91. The highest BCUT2D eigenvalue weighted by Crippen LogP contribution is 2.39. The second kappa shape index (κ2) is 3.62. The zero-order chi connectivity index (χ0) is 11.1. The standard InChI is InChI=1S/C8H12BrClN2O2/c1-4(2)8(9,10)12-6(13)5(3)11-7(12)14/h4,13H,1-3H3,(H,11,14). The molecule has 1 aromatic rings. The Morgan fingerprint density at radius 2 is 2.14 bits per heavy atom. The Kier molecular flexibility index (Phi) is 3.02. The molecule has 2 N–H and O–H groups in total. The van der Waals surface area contributed by atoms with Crippen molar-refractivity contribution in [2.24, 2.45) is 5.92 Å². The molecule has 14 heavy (non-hydrogen) atoms. The van der Waals surface area contributed by atoms with E-state index >= 15 is 0 Å². The molecule has 1 unspecified atom stereocenters. The van der Waals surface area contributed by atoms with Gasteiger partial charge in [0.05, 0.1) is 5.69 Å². The summed E-state index contributed by atoms with van der Waals surface area (Å²) in [5, 5.41) is 9.62. The van der Waals surface area contributed by atoms with E-state index in [2.05, 4.69) is 20.9 Å². The van der Waals surface area contributed by atoms with Crippen LogP contribution in [0.1, 0.15) is 19.5 Å². The highest BCUT2D eigenvalue weighted by atomic mass is 79.9. The molecule has 6 heteroatoms. The van der Waals surface area contributed by atoms with Gasteiger partial charge in [-0.05, 0) is 22.9 Å². The minimum absolute atomic E-state index is 0.0528. The fourth-order valence-corrected chi connectivity index (χ4v) is 1.56. The Morgan fingerprint density at radius 1 is 1.64 bits per heavy atom. The molecule has 0 bridgehead atoms. The Bertz CT molecular complexity index is 395. The number of aromatic nitrogens is 2. The average Bonchev–Trinajstić information content (AvgIpc) is 2.26. The Balaban J connectivity index is 3.39. The van der Waals surface area contributed by atoms with Gasteiger partial charge in [0, 0.05) is 5.92 Å². The number of hydrogen-bond acceptors (Lipinski definition) is 2. The van der Waals surface area contributed by atoms with E-state index in [-0.39, 0.29) is 11.8 Å². The fraction of sp³-hybridized carbons (Fsp3) is 0.625. The number of hydrogen-bond donors (Lipinski definition) is 2. The third kappa shape index (κ3) is 1.70. The number of halogens is 2. The first-order valence-electron chi connectivity index (χ1n) is 4.17. The van der Waals surface area contributed by atoms with E-state index in [1.54, 1.807) is 6.92 Å². The number of aryl methyl sites for hydroxylation is 1. The number of nitrogens with zero attached hydrogens (tertiary/aromatic N) is 1. The fourth-order valence-electron chi connectivity index (χ4n) is 1.07. The predicted octanol–water partition coefficient (Wildman–Crippen LogP) is 2.09. The molecule has 0 aromatic carbocycles. The lowest BCUT2D eigenvalue weighted by atomic mass is 10.2. The summed E-state index contributed by atoms with van der Waals surface area (Å²) >= 11 is 9.34. The van der Waals surface area contributed by atoms with Gasteiger partial charge in [-0.2, -0.15) is 0 Å². The van der Waals surface area contributed by atoms with Crippen LogP contribution in [0.4, 0.5) is 0 Å². The van der Waals surface area contributed by atoms with Crippen molar-refractivity contribution in [2.45, 2.75) is 24.7 Å². The van der Waals surface area contributed by atoms with Crippen molar-refractivity contribution in [1.82, 2.24) is 9.55 Å². The number of nitrogens with one attached hydrogen (secondary N) is 1. The molecule has 0 aliphatic heterocycles. The summed E-state index contributed by atoms with van der Waals surface area (Å²) in [7, 11) is 0. The van der Waals surface area contributed by atoms with Crippen LogP contribution in [0, 0.1) is 12.8 Å². The maximum Gasteiger partial charge on any atom is 0.330 e. The number of aromatic amines is 1. The summed E-state index contributed by atoms with van der Waals surface area (Å²) < 4.78 is -0.00647. The minimum Gasteiger partial charge on any atom is -0.493 e. The lowest BCUT2D eigenvalue weighted by Crippen LogP contribution is -2.34. The van der Waals surface area contributed by atoms with Crippen LogP contribution in [0.2, 0.25) is 0 Å². The molecule has 4 nitrogen and oxygen atoms in total. The molecule has 0 aliphatic carbocycles. The normalized spacial score (nSPS) is 15.9. The molecule has 0 spiro atoms. The van der Waals surface area contributed by atoms with Crippen LogP contribution in [-0.4, -0.2) is 14.7 Å². The van der Waals surface area contributed by atoms with Gasteiger partial charge in [0.25, 0.3) is 0 Å². The predicted molar refractivity (Wildman–Crippen MR) is 59.0 cm³/mol. The molecule has 1 rings (SSSR count). The zero-order valence-electron chi connectivity index (χ0n) is 8.14. The van der Waals surface area contributed by atoms with Crippen LogP contribution < -0.4 is 5.69 Å². The first-order chi connectivity index (χ1) is 6.28. The van der Waals surface area contributed by atoms with Gasteiger partial charge in [-0.1, -0.05) is 25.4 Å². The van der Waals surface area contributed by atoms with Crippen LogP contribution in [0.15, 0.2) is 4.79 Å². The van der Waals surface area contributed by atoms with Crippen molar-refractivity contribution in [3.63, 3.8) is 0 Å². The van der Waals surface area contributed by atoms with Crippen molar-refractivity contribution in [1.29, 1.82) is 0 Å². The maximum absolute atomic E-state index is 11.4. The topological polar surface area (TPSA) is 58.0 Å². The second-order valence-corrected chi connectivity index (χ2v) is 5.70. The maximum atomic E-state index is 11.4. The summed E-state index contributed by atoms with van der Waals surface area (Å²) in [6.07, 6.45) is 0. The SMILES string of the molecule is Cc1[nH]c(=O)n(C(Cl)(Br)C(C)C)c1O. The number of H-pyrrole nitrogens is 1. The molecule has 0 fully saturated rings. The van der Waals surface area contributed by atoms with E-state index in [1.807, 2.05) is 13.8 Å². The smallest absolute Gasteiger partial charge is 0.330 e. The summed E-state index contributed by atoms with van der Waals surface area (Å²) in [5.74, 6) is -0.196.